The van der Waals surface area contributed by atoms with Gasteiger partial charge in [-0.2, -0.15) is 23.4 Å². The molecule has 1 amide bonds. The highest BCUT2D eigenvalue weighted by atomic mass is 19.4. The smallest absolute Gasteiger partial charge is 0.453 e. The van der Waals surface area contributed by atoms with Crippen LogP contribution in [0, 0.1) is 25.2 Å². The molecule has 1 aromatic carbocycles. The number of amides is 1. The number of carbonyl (C=O) groups is 2. The van der Waals surface area contributed by atoms with Crippen molar-refractivity contribution in [3.05, 3.63) is 53.1 Å². The second-order valence-corrected chi connectivity index (χ2v) is 7.04. The summed E-state index contributed by atoms with van der Waals surface area (Å²) >= 11 is 0. The number of ether oxygens (including phenoxy) is 1. The molecule has 0 aliphatic rings. The molecule has 0 fully saturated rings. The van der Waals surface area contributed by atoms with Crippen LogP contribution in [0.3, 0.4) is 0 Å². The third-order valence-corrected chi connectivity index (χ3v) is 4.84. The minimum Gasteiger partial charge on any atom is -0.456 e. The first-order chi connectivity index (χ1) is 15.6. The van der Waals surface area contributed by atoms with E-state index in [0.29, 0.717) is 22.6 Å². The fraction of sp³-hybridized carbons (Fsp3) is 0.333. The van der Waals surface area contributed by atoms with E-state index in [1.807, 2.05) is 6.07 Å². The molecule has 0 aliphatic carbocycles. The molecule has 0 aliphatic heterocycles. The Kier molecular flexibility index (Phi) is 6.91. The lowest BCUT2D eigenvalue weighted by atomic mass is 10.1. The van der Waals surface area contributed by atoms with E-state index in [2.05, 4.69) is 15.1 Å². The van der Waals surface area contributed by atoms with Crippen molar-refractivity contribution in [1.82, 2.24) is 19.6 Å². The maximum Gasteiger partial charge on any atom is 0.453 e. The van der Waals surface area contributed by atoms with E-state index in [1.54, 1.807) is 44.2 Å². The quantitative estimate of drug-likeness (QED) is 0.393. The van der Waals surface area contributed by atoms with Gasteiger partial charge in [0.05, 0.1) is 6.07 Å². The van der Waals surface area contributed by atoms with Crippen molar-refractivity contribution in [3.8, 4) is 6.07 Å². The van der Waals surface area contributed by atoms with E-state index in [9.17, 15) is 22.8 Å². The summed E-state index contributed by atoms with van der Waals surface area (Å²) in [5.74, 6) is -2.73. The van der Waals surface area contributed by atoms with Crippen molar-refractivity contribution in [2.24, 2.45) is 0 Å². The number of rotatable bonds is 7. The Bertz CT molecular complexity index is 1220. The molecule has 9 nitrogen and oxygen atoms in total. The molecule has 172 valence electrons. The van der Waals surface area contributed by atoms with Gasteiger partial charge in [0.2, 0.25) is 0 Å². The predicted octanol–water partition coefficient (Wildman–Crippen LogP) is 2.79. The maximum absolute atomic E-state index is 12.9. The zero-order chi connectivity index (χ0) is 24.2. The minimum atomic E-state index is -4.70. The summed E-state index contributed by atoms with van der Waals surface area (Å²) in [4.78, 5) is 33.3. The number of esters is 1. The number of aromatic nitrogens is 4. The lowest BCUT2D eigenvalue weighted by Crippen LogP contribution is -2.35. The van der Waals surface area contributed by atoms with Gasteiger partial charge in [0.1, 0.15) is 6.54 Å². The van der Waals surface area contributed by atoms with Crippen molar-refractivity contribution in [2.45, 2.75) is 32.9 Å². The molecule has 3 aromatic rings. The van der Waals surface area contributed by atoms with Gasteiger partial charge in [0.25, 0.3) is 17.5 Å². The first kappa shape index (κ1) is 23.6. The topological polar surface area (TPSA) is 113 Å². The highest BCUT2D eigenvalue weighted by Gasteiger charge is 2.37. The number of fused-ring (bicyclic) bond motifs is 1. The van der Waals surface area contributed by atoms with Crippen LogP contribution in [0.4, 0.5) is 18.9 Å². The number of para-hydroxylation sites is 1. The summed E-state index contributed by atoms with van der Waals surface area (Å²) in [5.41, 5.74) is 1.81. The number of alkyl halides is 3. The normalized spacial score (nSPS) is 11.3. The number of anilines is 1. The van der Waals surface area contributed by atoms with Crippen molar-refractivity contribution in [3.63, 3.8) is 0 Å². The van der Waals surface area contributed by atoms with Crippen molar-refractivity contribution >= 4 is 23.3 Å². The summed E-state index contributed by atoms with van der Waals surface area (Å²) in [7, 11) is 0. The van der Waals surface area contributed by atoms with Gasteiger partial charge in [-0.3, -0.25) is 14.5 Å². The molecule has 3 rings (SSSR count). The molecule has 0 saturated heterocycles. The van der Waals surface area contributed by atoms with Gasteiger partial charge < -0.3 is 4.74 Å². The lowest BCUT2D eigenvalue weighted by molar-refractivity contribution is -0.147. The number of nitriles is 1. The van der Waals surface area contributed by atoms with Gasteiger partial charge >= 0.3 is 12.1 Å². The van der Waals surface area contributed by atoms with Crippen LogP contribution in [0.1, 0.15) is 29.2 Å². The predicted molar refractivity (Wildman–Crippen MR) is 109 cm³/mol. The average Bonchev–Trinajstić information content (AvgIpc) is 3.21. The lowest BCUT2D eigenvalue weighted by Gasteiger charge is -2.19. The largest absolute Gasteiger partial charge is 0.456 e. The molecule has 0 bridgehead atoms. The van der Waals surface area contributed by atoms with E-state index < -0.39 is 30.5 Å². The molecular formula is C21H19F3N6O3. The Balaban J connectivity index is 1.65. The number of hydrogen-bond acceptors (Lipinski definition) is 7. The van der Waals surface area contributed by atoms with Crippen LogP contribution < -0.4 is 4.90 Å². The Morgan fingerprint density at radius 2 is 1.88 bits per heavy atom. The minimum absolute atomic E-state index is 0.120. The van der Waals surface area contributed by atoms with Crippen LogP contribution in [0.15, 0.2) is 30.3 Å². The van der Waals surface area contributed by atoms with Crippen LogP contribution in [0.25, 0.3) is 5.78 Å². The number of halogens is 3. The van der Waals surface area contributed by atoms with Gasteiger partial charge in [-0.05, 0) is 38.0 Å². The van der Waals surface area contributed by atoms with E-state index in [-0.39, 0.29) is 25.2 Å². The van der Waals surface area contributed by atoms with Gasteiger partial charge in [-0.15, -0.1) is 5.10 Å². The van der Waals surface area contributed by atoms with Crippen molar-refractivity contribution in [1.29, 1.82) is 5.26 Å². The molecular weight excluding hydrogens is 441 g/mol. The van der Waals surface area contributed by atoms with Crippen molar-refractivity contribution in [2.75, 3.05) is 18.1 Å². The van der Waals surface area contributed by atoms with Crippen LogP contribution in [0.2, 0.25) is 0 Å². The summed E-state index contributed by atoms with van der Waals surface area (Å²) in [6.07, 6.45) is -4.72. The summed E-state index contributed by atoms with van der Waals surface area (Å²) in [5, 5.41) is 12.4. The molecule has 2 aromatic heterocycles. The van der Waals surface area contributed by atoms with Crippen LogP contribution in [0.5, 0.6) is 0 Å². The third-order valence-electron chi connectivity index (χ3n) is 4.84. The summed E-state index contributed by atoms with van der Waals surface area (Å²) in [6, 6.07) is 10.4. The van der Waals surface area contributed by atoms with E-state index in [4.69, 9.17) is 10.00 Å². The maximum atomic E-state index is 12.9. The number of aryl methyl sites for hydroxylation is 2. The highest BCUT2D eigenvalue weighted by Crippen LogP contribution is 2.27. The number of nitrogens with zero attached hydrogens (tertiary/aromatic N) is 6. The van der Waals surface area contributed by atoms with Gasteiger partial charge in [0.15, 0.2) is 6.61 Å². The standard InChI is InChI=1S/C21H19F3N6O3/c1-13-16(14(2)30-20(26-13)27-19(28-30)21(22,23)24)8-9-18(32)33-12-17(31)29(11-10-25)15-6-4-3-5-7-15/h3-7H,8-9,11-12H2,1-2H3. The first-order valence-electron chi connectivity index (χ1n) is 9.80. The average molecular weight is 460 g/mol. The first-order valence-corrected chi connectivity index (χ1v) is 9.80. The van der Waals surface area contributed by atoms with Gasteiger partial charge in [-0.1, -0.05) is 18.2 Å². The Labute approximate surface area is 186 Å². The summed E-state index contributed by atoms with van der Waals surface area (Å²) < 4.78 is 44.7. The molecule has 0 spiro atoms. The van der Waals surface area contributed by atoms with Gasteiger partial charge in [-0.25, -0.2) is 9.50 Å². The second kappa shape index (κ2) is 9.64. The van der Waals surface area contributed by atoms with E-state index in [1.165, 1.54) is 4.90 Å². The van der Waals surface area contributed by atoms with Crippen LogP contribution >= 0.6 is 0 Å². The Morgan fingerprint density at radius 3 is 2.52 bits per heavy atom. The number of carbonyl (C=O) groups excluding carboxylic acids is 2. The Morgan fingerprint density at radius 1 is 1.18 bits per heavy atom. The van der Waals surface area contributed by atoms with E-state index >= 15 is 0 Å². The second-order valence-electron chi connectivity index (χ2n) is 7.04. The molecule has 33 heavy (non-hydrogen) atoms. The van der Waals surface area contributed by atoms with E-state index in [0.717, 1.165) is 4.52 Å². The SMILES string of the molecule is Cc1nc2nc(C(F)(F)F)nn2c(C)c1CCC(=O)OCC(=O)N(CC#N)c1ccccc1. The highest BCUT2D eigenvalue weighted by molar-refractivity contribution is 5.95. The molecule has 0 radical (unpaired) electrons. The molecule has 0 N–H and O–H groups in total. The fourth-order valence-electron chi connectivity index (χ4n) is 3.21. The Hall–Kier alpha value is -4.01. The zero-order valence-corrected chi connectivity index (χ0v) is 17.8. The van der Waals surface area contributed by atoms with Crippen LogP contribution in [-0.2, 0) is 26.9 Å². The molecule has 2 heterocycles. The third kappa shape index (κ3) is 5.43. The van der Waals surface area contributed by atoms with Crippen LogP contribution in [-0.4, -0.2) is 44.6 Å². The molecule has 0 saturated carbocycles. The molecule has 0 unspecified atom stereocenters. The number of hydrogen-bond donors (Lipinski definition) is 0. The summed E-state index contributed by atoms with van der Waals surface area (Å²) in [6.45, 7) is 2.39. The number of benzene rings is 1. The zero-order valence-electron chi connectivity index (χ0n) is 17.8. The fourth-order valence-corrected chi connectivity index (χ4v) is 3.21. The molecule has 12 heteroatoms. The monoisotopic (exact) mass is 460 g/mol. The van der Waals surface area contributed by atoms with Gasteiger partial charge in [0, 0.05) is 23.5 Å². The molecule has 0 atom stereocenters. The van der Waals surface area contributed by atoms with Crippen molar-refractivity contribution < 1.29 is 27.5 Å².